The van der Waals surface area contributed by atoms with E-state index < -0.39 is 11.7 Å². The number of aryl methyl sites for hydroxylation is 1. The fourth-order valence-electron chi connectivity index (χ4n) is 2.57. The van der Waals surface area contributed by atoms with Crippen LogP contribution in [0.5, 0.6) is 11.6 Å². The molecule has 8 heteroatoms. The van der Waals surface area contributed by atoms with Gasteiger partial charge in [0.15, 0.2) is 0 Å². The number of rotatable bonds is 5. The van der Waals surface area contributed by atoms with Crippen LogP contribution < -0.4 is 10.1 Å². The van der Waals surface area contributed by atoms with Crippen LogP contribution in [0.15, 0.2) is 54.2 Å². The van der Waals surface area contributed by atoms with Crippen LogP contribution in [0.25, 0.3) is 6.08 Å². The van der Waals surface area contributed by atoms with Crippen LogP contribution in [-0.2, 0) is 4.79 Å². The third-order valence-electron chi connectivity index (χ3n) is 4.28. The minimum absolute atomic E-state index is 0.0932. The summed E-state index contributed by atoms with van der Waals surface area (Å²) in [6.07, 6.45) is 2.32. The van der Waals surface area contributed by atoms with E-state index in [-0.39, 0.29) is 22.5 Å². The molecule has 3 rings (SSSR count). The number of carbonyl (C=O) groups is 1. The average molecular weight is 423 g/mol. The lowest BCUT2D eigenvalue weighted by atomic mass is 10.1. The number of nitrogens with one attached hydrogen (secondary N) is 1. The Balaban J connectivity index is 1.83. The molecule has 1 N–H and O–H groups in total. The number of aromatic nitrogens is 2. The maximum Gasteiger partial charge on any atom is 0.266 e. The summed E-state index contributed by atoms with van der Waals surface area (Å²) in [5.41, 5.74) is 3.00. The Morgan fingerprint density at radius 1 is 1.27 bits per heavy atom. The second-order valence-corrected chi connectivity index (χ2v) is 6.68. The van der Waals surface area contributed by atoms with Crippen LogP contribution in [0.4, 0.5) is 10.1 Å². The number of nitriles is 1. The SMILES string of the molecule is Cc1cccc(NC(=O)/C(C#N)=C/c2cccc(Oc3nc(Cl)ncc3F)c2)c1C. The molecule has 0 fully saturated rings. The number of anilines is 1. The summed E-state index contributed by atoms with van der Waals surface area (Å²) in [7, 11) is 0. The first-order chi connectivity index (χ1) is 14.4. The van der Waals surface area contributed by atoms with E-state index >= 15 is 0 Å². The molecule has 2 aromatic carbocycles. The molecule has 0 bridgehead atoms. The van der Waals surface area contributed by atoms with Crippen molar-refractivity contribution < 1.29 is 13.9 Å². The van der Waals surface area contributed by atoms with Crippen LogP contribution >= 0.6 is 11.6 Å². The number of benzene rings is 2. The standard InChI is InChI=1S/C22H16ClFN4O2/c1-13-5-3-8-19(14(13)2)27-20(29)16(11-25)9-15-6-4-7-17(10-15)30-21-18(24)12-26-22(23)28-21/h3-10,12H,1-2H3,(H,27,29)/b16-9+. The zero-order chi connectivity index (χ0) is 21.7. The quantitative estimate of drug-likeness (QED) is 0.346. The Hall–Kier alpha value is -3.76. The summed E-state index contributed by atoms with van der Waals surface area (Å²) in [5, 5.41) is 12.0. The van der Waals surface area contributed by atoms with Crippen molar-refractivity contribution in [2.75, 3.05) is 5.32 Å². The van der Waals surface area contributed by atoms with E-state index in [1.807, 2.05) is 32.0 Å². The average Bonchev–Trinajstić information content (AvgIpc) is 2.72. The Morgan fingerprint density at radius 3 is 2.80 bits per heavy atom. The lowest BCUT2D eigenvalue weighted by molar-refractivity contribution is -0.112. The summed E-state index contributed by atoms with van der Waals surface area (Å²) in [6, 6.07) is 13.9. The maximum atomic E-state index is 13.8. The van der Waals surface area contributed by atoms with Gasteiger partial charge in [-0.3, -0.25) is 4.79 Å². The molecule has 30 heavy (non-hydrogen) atoms. The minimum Gasteiger partial charge on any atom is -0.436 e. The van der Waals surface area contributed by atoms with Crippen molar-refractivity contribution in [3.8, 4) is 17.7 Å². The van der Waals surface area contributed by atoms with Crippen molar-refractivity contribution in [3.05, 3.63) is 82.0 Å². The van der Waals surface area contributed by atoms with E-state index in [1.165, 1.54) is 12.1 Å². The summed E-state index contributed by atoms with van der Waals surface area (Å²) in [5.74, 6) is -1.38. The number of carbonyl (C=O) groups excluding carboxylic acids is 1. The molecule has 0 aliphatic rings. The third kappa shape index (κ3) is 4.99. The first-order valence-electron chi connectivity index (χ1n) is 8.82. The van der Waals surface area contributed by atoms with Gasteiger partial charge in [0.2, 0.25) is 11.1 Å². The van der Waals surface area contributed by atoms with Crippen molar-refractivity contribution in [1.29, 1.82) is 5.26 Å². The summed E-state index contributed by atoms with van der Waals surface area (Å²) in [6.45, 7) is 3.82. The van der Waals surface area contributed by atoms with Crippen LogP contribution in [0.1, 0.15) is 16.7 Å². The van der Waals surface area contributed by atoms with Gasteiger partial charge < -0.3 is 10.1 Å². The van der Waals surface area contributed by atoms with E-state index in [1.54, 1.807) is 24.3 Å². The molecule has 1 heterocycles. The molecule has 1 amide bonds. The van der Waals surface area contributed by atoms with E-state index in [0.29, 0.717) is 11.3 Å². The third-order valence-corrected chi connectivity index (χ3v) is 4.47. The zero-order valence-corrected chi connectivity index (χ0v) is 16.9. The number of nitrogens with zero attached hydrogens (tertiary/aromatic N) is 3. The lowest BCUT2D eigenvalue weighted by Gasteiger charge is -2.10. The highest BCUT2D eigenvalue weighted by Gasteiger charge is 2.13. The van der Waals surface area contributed by atoms with Gasteiger partial charge in [-0.2, -0.15) is 14.6 Å². The topological polar surface area (TPSA) is 87.9 Å². The first-order valence-corrected chi connectivity index (χ1v) is 9.20. The van der Waals surface area contributed by atoms with Crippen molar-refractivity contribution >= 4 is 29.3 Å². The van der Waals surface area contributed by atoms with E-state index in [0.717, 1.165) is 17.3 Å². The first kappa shape index (κ1) is 21.0. The highest BCUT2D eigenvalue weighted by molar-refractivity contribution is 6.28. The molecule has 0 aliphatic carbocycles. The molecule has 0 saturated carbocycles. The Bertz CT molecular complexity index is 1190. The summed E-state index contributed by atoms with van der Waals surface area (Å²) < 4.78 is 19.2. The van der Waals surface area contributed by atoms with Gasteiger partial charge in [-0.15, -0.1) is 0 Å². The van der Waals surface area contributed by atoms with Crippen molar-refractivity contribution in [3.63, 3.8) is 0 Å². The van der Waals surface area contributed by atoms with Gasteiger partial charge >= 0.3 is 0 Å². The molecule has 1 aromatic heterocycles. The highest BCUT2D eigenvalue weighted by atomic mass is 35.5. The maximum absolute atomic E-state index is 13.8. The number of hydrogen-bond donors (Lipinski definition) is 1. The number of hydrogen-bond acceptors (Lipinski definition) is 5. The van der Waals surface area contributed by atoms with Gasteiger partial charge in [0, 0.05) is 5.69 Å². The number of amides is 1. The fraction of sp³-hybridized carbons (Fsp3) is 0.0909. The molecule has 0 unspecified atom stereocenters. The minimum atomic E-state index is -0.772. The Morgan fingerprint density at radius 2 is 2.03 bits per heavy atom. The smallest absolute Gasteiger partial charge is 0.266 e. The second kappa shape index (κ2) is 9.16. The molecular formula is C22H16ClFN4O2. The molecule has 3 aromatic rings. The van der Waals surface area contributed by atoms with Gasteiger partial charge in [-0.1, -0.05) is 24.3 Å². The van der Waals surface area contributed by atoms with Gasteiger partial charge in [0.05, 0.1) is 6.20 Å². The van der Waals surface area contributed by atoms with Crippen molar-refractivity contribution in [2.24, 2.45) is 0 Å². The molecule has 150 valence electrons. The van der Waals surface area contributed by atoms with E-state index in [4.69, 9.17) is 16.3 Å². The van der Waals surface area contributed by atoms with Gasteiger partial charge in [-0.25, -0.2) is 4.98 Å². The van der Waals surface area contributed by atoms with Crippen LogP contribution in [-0.4, -0.2) is 15.9 Å². The van der Waals surface area contributed by atoms with Gasteiger partial charge in [-0.05, 0) is 66.4 Å². The summed E-state index contributed by atoms with van der Waals surface area (Å²) in [4.78, 5) is 19.8. The van der Waals surface area contributed by atoms with Crippen molar-refractivity contribution in [2.45, 2.75) is 13.8 Å². The second-order valence-electron chi connectivity index (χ2n) is 6.34. The largest absolute Gasteiger partial charge is 0.436 e. The molecule has 6 nitrogen and oxygen atoms in total. The predicted octanol–water partition coefficient (Wildman–Crippen LogP) is 5.22. The molecule has 0 saturated heterocycles. The van der Waals surface area contributed by atoms with Crippen molar-refractivity contribution in [1.82, 2.24) is 9.97 Å². The molecule has 0 aliphatic heterocycles. The monoisotopic (exact) mass is 422 g/mol. The van der Waals surface area contributed by atoms with Gasteiger partial charge in [0.25, 0.3) is 11.8 Å². The van der Waals surface area contributed by atoms with E-state index in [2.05, 4.69) is 15.3 Å². The van der Waals surface area contributed by atoms with Crippen LogP contribution in [0.2, 0.25) is 5.28 Å². The normalized spacial score (nSPS) is 11.0. The zero-order valence-electron chi connectivity index (χ0n) is 16.1. The molecule has 0 spiro atoms. The van der Waals surface area contributed by atoms with E-state index in [9.17, 15) is 14.4 Å². The highest BCUT2D eigenvalue weighted by Crippen LogP contribution is 2.25. The summed E-state index contributed by atoms with van der Waals surface area (Å²) >= 11 is 5.67. The van der Waals surface area contributed by atoms with Crippen LogP contribution in [0, 0.1) is 31.0 Å². The Labute approximate surface area is 177 Å². The molecule has 0 radical (unpaired) electrons. The van der Waals surface area contributed by atoms with Gasteiger partial charge in [0.1, 0.15) is 17.4 Å². The molecule has 0 atom stereocenters. The number of halogens is 2. The number of ether oxygens (including phenoxy) is 1. The molecular weight excluding hydrogens is 407 g/mol. The fourth-order valence-corrected chi connectivity index (χ4v) is 2.70. The van der Waals surface area contributed by atoms with Crippen LogP contribution in [0.3, 0.4) is 0 Å². The lowest BCUT2D eigenvalue weighted by Crippen LogP contribution is -2.14. The predicted molar refractivity (Wildman–Crippen MR) is 112 cm³/mol. The Kier molecular flexibility index (Phi) is 6.40.